The van der Waals surface area contributed by atoms with Crippen LogP contribution < -0.4 is 5.32 Å². The lowest BCUT2D eigenvalue weighted by Gasteiger charge is -2.38. The van der Waals surface area contributed by atoms with Gasteiger partial charge >= 0.3 is 18.1 Å². The van der Waals surface area contributed by atoms with Gasteiger partial charge in [-0.05, 0) is 19.1 Å². The predicted octanol–water partition coefficient (Wildman–Crippen LogP) is 1.29. The summed E-state index contributed by atoms with van der Waals surface area (Å²) >= 11 is 0. The molecule has 0 saturated carbocycles. The van der Waals surface area contributed by atoms with Gasteiger partial charge in [0.1, 0.15) is 6.10 Å². The van der Waals surface area contributed by atoms with Gasteiger partial charge in [0.2, 0.25) is 0 Å². The van der Waals surface area contributed by atoms with Crippen LogP contribution in [0.4, 0.5) is 18.9 Å². The fourth-order valence-electron chi connectivity index (χ4n) is 2.54. The number of nitro groups is 1. The lowest BCUT2D eigenvalue weighted by atomic mass is 9.99. The number of aliphatic hydroxyl groups excluding tert-OH is 1. The third-order valence-corrected chi connectivity index (χ3v) is 3.82. The molecular formula is C15H15F3N2O7. The molecule has 0 bridgehead atoms. The SMILES string of the molecule is C[C@@H]1O[C@@H](O)C[C@H](NC(=O)C(F)(F)F)[C@@H]1OC(=O)c1ccc([N+](=O)[O-])cc1. The summed E-state index contributed by atoms with van der Waals surface area (Å²) < 4.78 is 47.6. The Kier molecular flexibility index (Phi) is 6.01. The molecule has 1 heterocycles. The van der Waals surface area contributed by atoms with Crippen molar-refractivity contribution in [1.29, 1.82) is 0 Å². The van der Waals surface area contributed by atoms with Crippen LogP contribution in [-0.2, 0) is 14.3 Å². The molecule has 12 heteroatoms. The number of carbonyl (C=O) groups excluding carboxylic acids is 2. The molecule has 2 rings (SSSR count). The van der Waals surface area contributed by atoms with Crippen LogP contribution in [0.1, 0.15) is 23.7 Å². The summed E-state index contributed by atoms with van der Waals surface area (Å²) in [5, 5.41) is 21.9. The number of rotatable bonds is 4. The number of esters is 1. The van der Waals surface area contributed by atoms with Gasteiger partial charge in [0.15, 0.2) is 6.29 Å². The van der Waals surface area contributed by atoms with E-state index in [2.05, 4.69) is 0 Å². The third-order valence-electron chi connectivity index (χ3n) is 3.82. The van der Waals surface area contributed by atoms with Crippen LogP contribution in [0.3, 0.4) is 0 Å². The minimum atomic E-state index is -5.15. The Balaban J connectivity index is 2.15. The zero-order chi connectivity index (χ0) is 20.4. The monoisotopic (exact) mass is 392 g/mol. The summed E-state index contributed by atoms with van der Waals surface area (Å²) in [6.45, 7) is 1.35. The maximum absolute atomic E-state index is 12.5. The Morgan fingerprint density at radius 1 is 1.33 bits per heavy atom. The van der Waals surface area contributed by atoms with Crippen molar-refractivity contribution in [2.45, 2.75) is 44.1 Å². The van der Waals surface area contributed by atoms with E-state index in [4.69, 9.17) is 9.47 Å². The number of hydrogen-bond acceptors (Lipinski definition) is 7. The van der Waals surface area contributed by atoms with E-state index in [9.17, 15) is 38.0 Å². The molecule has 0 aliphatic carbocycles. The van der Waals surface area contributed by atoms with Gasteiger partial charge in [-0.3, -0.25) is 14.9 Å². The fourth-order valence-corrected chi connectivity index (χ4v) is 2.54. The van der Waals surface area contributed by atoms with Crippen LogP contribution in [0.25, 0.3) is 0 Å². The number of ether oxygens (including phenoxy) is 2. The lowest BCUT2D eigenvalue weighted by molar-refractivity contribution is -0.384. The highest BCUT2D eigenvalue weighted by Gasteiger charge is 2.45. The van der Waals surface area contributed by atoms with Gasteiger partial charge in [-0.25, -0.2) is 4.79 Å². The molecule has 1 fully saturated rings. The second kappa shape index (κ2) is 7.88. The highest BCUT2D eigenvalue weighted by Crippen LogP contribution is 2.25. The van der Waals surface area contributed by atoms with Crippen molar-refractivity contribution in [2.75, 3.05) is 0 Å². The molecule has 9 nitrogen and oxygen atoms in total. The van der Waals surface area contributed by atoms with Gasteiger partial charge < -0.3 is 19.9 Å². The Labute approximate surface area is 150 Å². The van der Waals surface area contributed by atoms with E-state index in [1.54, 1.807) is 5.32 Å². The van der Waals surface area contributed by atoms with Crippen LogP contribution >= 0.6 is 0 Å². The van der Waals surface area contributed by atoms with Gasteiger partial charge in [-0.15, -0.1) is 0 Å². The molecule has 1 aromatic rings. The van der Waals surface area contributed by atoms with E-state index in [0.717, 1.165) is 24.3 Å². The number of benzene rings is 1. The molecule has 0 spiro atoms. The van der Waals surface area contributed by atoms with Crippen molar-refractivity contribution in [2.24, 2.45) is 0 Å². The summed E-state index contributed by atoms with van der Waals surface area (Å²) in [7, 11) is 0. The molecule has 1 aromatic carbocycles. The second-order valence-electron chi connectivity index (χ2n) is 5.78. The van der Waals surface area contributed by atoms with E-state index in [-0.39, 0.29) is 11.3 Å². The Morgan fingerprint density at radius 2 is 1.93 bits per heavy atom. The van der Waals surface area contributed by atoms with E-state index in [1.165, 1.54) is 6.92 Å². The Hall–Kier alpha value is -2.73. The number of halogens is 3. The molecule has 1 saturated heterocycles. The van der Waals surface area contributed by atoms with Crippen LogP contribution in [-0.4, -0.2) is 52.6 Å². The van der Waals surface area contributed by atoms with Crippen LogP contribution in [0.15, 0.2) is 24.3 Å². The number of nitrogens with one attached hydrogen (secondary N) is 1. The zero-order valence-corrected chi connectivity index (χ0v) is 13.8. The van der Waals surface area contributed by atoms with E-state index < -0.39 is 53.9 Å². The fraction of sp³-hybridized carbons (Fsp3) is 0.467. The molecule has 1 aliphatic heterocycles. The van der Waals surface area contributed by atoms with Crippen molar-refractivity contribution in [1.82, 2.24) is 5.32 Å². The first-order valence-electron chi connectivity index (χ1n) is 7.65. The molecule has 0 radical (unpaired) electrons. The number of nitrogens with zero attached hydrogens (tertiary/aromatic N) is 1. The first-order chi connectivity index (χ1) is 12.5. The van der Waals surface area contributed by atoms with Crippen LogP contribution in [0, 0.1) is 10.1 Å². The third kappa shape index (κ3) is 5.14. The summed E-state index contributed by atoms with van der Waals surface area (Å²) in [5.74, 6) is -3.22. The molecule has 1 aliphatic rings. The predicted molar refractivity (Wildman–Crippen MR) is 81.5 cm³/mol. The van der Waals surface area contributed by atoms with Crippen LogP contribution in [0.5, 0.6) is 0 Å². The number of non-ortho nitro benzene ring substituents is 1. The van der Waals surface area contributed by atoms with E-state index in [1.807, 2.05) is 0 Å². The first kappa shape index (κ1) is 20.6. The molecular weight excluding hydrogens is 377 g/mol. The molecule has 0 unspecified atom stereocenters. The number of aliphatic hydroxyl groups is 1. The lowest BCUT2D eigenvalue weighted by Crippen LogP contribution is -2.58. The topological polar surface area (TPSA) is 128 Å². The highest BCUT2D eigenvalue weighted by molar-refractivity contribution is 5.90. The number of hydrogen-bond donors (Lipinski definition) is 2. The molecule has 4 atom stereocenters. The summed E-state index contributed by atoms with van der Waals surface area (Å²) in [4.78, 5) is 33.3. The molecule has 2 N–H and O–H groups in total. The maximum atomic E-state index is 12.5. The van der Waals surface area contributed by atoms with Gasteiger partial charge in [-0.2, -0.15) is 13.2 Å². The molecule has 148 valence electrons. The highest BCUT2D eigenvalue weighted by atomic mass is 19.4. The average molecular weight is 392 g/mol. The summed E-state index contributed by atoms with van der Waals surface area (Å²) in [6, 6.07) is 3.01. The van der Waals surface area contributed by atoms with Crippen molar-refractivity contribution >= 4 is 17.6 Å². The van der Waals surface area contributed by atoms with Gasteiger partial charge in [0.25, 0.3) is 5.69 Å². The van der Waals surface area contributed by atoms with Crippen molar-refractivity contribution in [3.63, 3.8) is 0 Å². The minimum absolute atomic E-state index is 0.0835. The summed E-state index contributed by atoms with van der Waals surface area (Å²) in [5.41, 5.74) is -0.348. The largest absolute Gasteiger partial charge is 0.471 e. The second-order valence-corrected chi connectivity index (χ2v) is 5.78. The van der Waals surface area contributed by atoms with Crippen LogP contribution in [0.2, 0.25) is 0 Å². The normalized spacial score (nSPS) is 25.5. The molecule has 0 aromatic heterocycles. The van der Waals surface area contributed by atoms with Crippen molar-refractivity contribution in [3.8, 4) is 0 Å². The van der Waals surface area contributed by atoms with E-state index in [0.29, 0.717) is 0 Å². The molecule has 1 amide bonds. The van der Waals surface area contributed by atoms with Gasteiger partial charge in [0, 0.05) is 18.6 Å². The first-order valence-corrected chi connectivity index (χ1v) is 7.65. The Bertz CT molecular complexity index is 723. The zero-order valence-electron chi connectivity index (χ0n) is 13.8. The van der Waals surface area contributed by atoms with Gasteiger partial charge in [0.05, 0.1) is 22.6 Å². The number of nitro benzene ring substituents is 1. The van der Waals surface area contributed by atoms with Crippen molar-refractivity contribution < 1.29 is 42.3 Å². The quantitative estimate of drug-likeness (QED) is 0.449. The summed E-state index contributed by atoms with van der Waals surface area (Å²) in [6.07, 6.45) is -9.37. The number of carbonyl (C=O) groups is 2. The van der Waals surface area contributed by atoms with Crippen molar-refractivity contribution in [3.05, 3.63) is 39.9 Å². The van der Waals surface area contributed by atoms with E-state index >= 15 is 0 Å². The smallest absolute Gasteiger partial charge is 0.454 e. The molecule has 27 heavy (non-hydrogen) atoms. The standard InChI is InChI=1S/C15H15F3N2O7/c1-7-12(10(6-11(21)26-7)19-14(23)15(16,17)18)27-13(22)8-2-4-9(5-3-8)20(24)25/h2-5,7,10-12,21H,6H2,1H3,(H,19,23)/t7-,10-,11+,12+/m0/s1. The Morgan fingerprint density at radius 3 is 2.44 bits per heavy atom. The number of amides is 1. The van der Waals surface area contributed by atoms with Gasteiger partial charge in [-0.1, -0.05) is 0 Å². The minimum Gasteiger partial charge on any atom is -0.454 e. The number of alkyl halides is 3. The maximum Gasteiger partial charge on any atom is 0.471 e. The average Bonchev–Trinajstić information content (AvgIpc) is 2.56.